The van der Waals surface area contributed by atoms with Gasteiger partial charge < -0.3 is 24.5 Å². The number of ether oxygens (including phenoxy) is 2. The number of alkyl halides is 2. The Bertz CT molecular complexity index is 1160. The third-order valence-electron chi connectivity index (χ3n) is 5.23. The van der Waals surface area contributed by atoms with Crippen molar-refractivity contribution >= 4 is 17.6 Å². The van der Waals surface area contributed by atoms with E-state index in [0.717, 1.165) is 0 Å². The van der Waals surface area contributed by atoms with Gasteiger partial charge in [0.1, 0.15) is 11.9 Å². The van der Waals surface area contributed by atoms with Crippen LogP contribution < -0.4 is 20.1 Å². The number of aromatic nitrogens is 2. The third-order valence-corrected chi connectivity index (χ3v) is 5.23. The van der Waals surface area contributed by atoms with Crippen LogP contribution in [0, 0.1) is 6.92 Å². The van der Waals surface area contributed by atoms with Gasteiger partial charge in [-0.3, -0.25) is 14.3 Å². The molecule has 2 amide bonds. The van der Waals surface area contributed by atoms with Crippen molar-refractivity contribution in [2.75, 3.05) is 12.4 Å². The lowest BCUT2D eigenvalue weighted by Gasteiger charge is -2.32. The molecule has 2 N–H and O–H groups in total. The van der Waals surface area contributed by atoms with Gasteiger partial charge in [-0.25, -0.2) is 0 Å². The van der Waals surface area contributed by atoms with Gasteiger partial charge in [0, 0.05) is 18.5 Å². The number of furan rings is 1. The van der Waals surface area contributed by atoms with Crippen molar-refractivity contribution < 1.29 is 32.3 Å². The second-order valence-electron chi connectivity index (χ2n) is 7.16. The van der Waals surface area contributed by atoms with E-state index in [1.54, 1.807) is 26.1 Å². The van der Waals surface area contributed by atoms with Crippen LogP contribution in [0.4, 0.5) is 14.6 Å². The second-order valence-corrected chi connectivity index (χ2v) is 7.16. The molecule has 2 aromatic heterocycles. The van der Waals surface area contributed by atoms with Crippen LogP contribution in [0.3, 0.4) is 0 Å². The summed E-state index contributed by atoms with van der Waals surface area (Å²) >= 11 is 0. The molecular formula is C21H20F2N4O5. The predicted octanol–water partition coefficient (Wildman–Crippen LogP) is 2.81. The first-order valence-electron chi connectivity index (χ1n) is 9.61. The Morgan fingerprint density at radius 2 is 2.09 bits per heavy atom. The lowest BCUT2D eigenvalue weighted by molar-refractivity contribution is -0.118. The fourth-order valence-electron chi connectivity index (χ4n) is 3.91. The molecule has 1 aromatic carbocycles. The van der Waals surface area contributed by atoms with Crippen molar-refractivity contribution in [3.63, 3.8) is 0 Å². The van der Waals surface area contributed by atoms with E-state index in [2.05, 4.69) is 20.5 Å². The van der Waals surface area contributed by atoms with Gasteiger partial charge in [-0.05, 0) is 36.8 Å². The minimum Gasteiger partial charge on any atom is -0.493 e. The average molecular weight is 446 g/mol. The highest BCUT2D eigenvalue weighted by Crippen LogP contribution is 2.42. The lowest BCUT2D eigenvalue weighted by atomic mass is 9.81. The first-order chi connectivity index (χ1) is 15.3. The van der Waals surface area contributed by atoms with Gasteiger partial charge in [0.2, 0.25) is 5.91 Å². The van der Waals surface area contributed by atoms with E-state index in [9.17, 15) is 18.4 Å². The highest BCUT2D eigenvalue weighted by molar-refractivity contribution is 6.03. The van der Waals surface area contributed by atoms with Crippen molar-refractivity contribution in [3.05, 3.63) is 59.2 Å². The summed E-state index contributed by atoms with van der Waals surface area (Å²) in [7, 11) is 3.01. The SMILES string of the molecule is COc1cc([C@@H]2c3c(C)nn(C)c3NC(=O)[C@H]2NC(=O)c2ccco2)ccc1OC(F)F. The van der Waals surface area contributed by atoms with E-state index in [0.29, 0.717) is 22.6 Å². The molecule has 1 aliphatic rings. The van der Waals surface area contributed by atoms with E-state index in [1.165, 1.54) is 36.3 Å². The van der Waals surface area contributed by atoms with E-state index >= 15 is 0 Å². The first-order valence-corrected chi connectivity index (χ1v) is 9.61. The number of carbonyl (C=O) groups excluding carboxylic acids is 2. The Labute approximate surface area is 181 Å². The fraction of sp³-hybridized carbons (Fsp3) is 0.286. The summed E-state index contributed by atoms with van der Waals surface area (Å²) in [6.07, 6.45) is 1.35. The maximum Gasteiger partial charge on any atom is 0.387 e. The molecule has 3 heterocycles. The quantitative estimate of drug-likeness (QED) is 0.603. The maximum atomic E-state index is 13.0. The zero-order valence-corrected chi connectivity index (χ0v) is 17.4. The number of fused-ring (bicyclic) bond motifs is 1. The van der Waals surface area contributed by atoms with Crippen LogP contribution in [-0.4, -0.2) is 41.4 Å². The summed E-state index contributed by atoms with van der Waals surface area (Å²) in [4.78, 5) is 25.7. The molecule has 0 aliphatic carbocycles. The monoisotopic (exact) mass is 446 g/mol. The van der Waals surface area contributed by atoms with Crippen LogP contribution in [0.1, 0.15) is 33.3 Å². The number of hydrogen-bond donors (Lipinski definition) is 2. The summed E-state index contributed by atoms with van der Waals surface area (Å²) in [5, 5.41) is 9.87. The summed E-state index contributed by atoms with van der Waals surface area (Å²) < 4.78 is 41.9. The molecule has 32 heavy (non-hydrogen) atoms. The Morgan fingerprint density at radius 1 is 1.31 bits per heavy atom. The van der Waals surface area contributed by atoms with E-state index in [4.69, 9.17) is 9.15 Å². The fourth-order valence-corrected chi connectivity index (χ4v) is 3.91. The molecule has 2 atom stereocenters. The number of nitrogens with one attached hydrogen (secondary N) is 2. The molecule has 3 aromatic rings. The zero-order valence-electron chi connectivity index (χ0n) is 17.4. The molecule has 0 radical (unpaired) electrons. The Kier molecular flexibility index (Phi) is 5.56. The number of anilines is 1. The number of amides is 2. The summed E-state index contributed by atoms with van der Waals surface area (Å²) in [6, 6.07) is 6.39. The zero-order chi connectivity index (χ0) is 23.0. The van der Waals surface area contributed by atoms with Crippen molar-refractivity contribution in [1.29, 1.82) is 0 Å². The van der Waals surface area contributed by atoms with Gasteiger partial charge in [0.05, 0.1) is 19.1 Å². The molecule has 1 aliphatic heterocycles. The van der Waals surface area contributed by atoms with Crippen LogP contribution in [0.2, 0.25) is 0 Å². The topological polar surface area (TPSA) is 108 Å². The normalized spacial score (nSPS) is 17.6. The number of benzene rings is 1. The number of rotatable bonds is 6. The largest absolute Gasteiger partial charge is 0.493 e. The smallest absolute Gasteiger partial charge is 0.387 e. The van der Waals surface area contributed by atoms with Crippen molar-refractivity contribution in [3.8, 4) is 11.5 Å². The number of carbonyl (C=O) groups is 2. The van der Waals surface area contributed by atoms with Gasteiger partial charge >= 0.3 is 6.61 Å². The van der Waals surface area contributed by atoms with Crippen molar-refractivity contribution in [2.24, 2.45) is 7.05 Å². The molecule has 168 valence electrons. The molecule has 9 nitrogen and oxygen atoms in total. The summed E-state index contributed by atoms with van der Waals surface area (Å²) in [6.45, 7) is -1.25. The van der Waals surface area contributed by atoms with E-state index in [-0.39, 0.29) is 17.3 Å². The van der Waals surface area contributed by atoms with Gasteiger partial charge in [-0.15, -0.1) is 0 Å². The Hall–Kier alpha value is -3.89. The molecule has 4 rings (SSSR count). The Morgan fingerprint density at radius 3 is 2.75 bits per heavy atom. The minimum atomic E-state index is -3.03. The number of hydrogen-bond acceptors (Lipinski definition) is 6. The van der Waals surface area contributed by atoms with Crippen molar-refractivity contribution in [2.45, 2.75) is 25.5 Å². The van der Waals surface area contributed by atoms with Crippen molar-refractivity contribution in [1.82, 2.24) is 15.1 Å². The molecule has 0 unspecified atom stereocenters. The second kappa shape index (κ2) is 8.33. The lowest BCUT2D eigenvalue weighted by Crippen LogP contribution is -2.50. The van der Waals surface area contributed by atoms with Crippen LogP contribution in [0.5, 0.6) is 11.5 Å². The van der Waals surface area contributed by atoms with Crippen LogP contribution >= 0.6 is 0 Å². The number of methoxy groups -OCH3 is 1. The molecule has 0 saturated heterocycles. The first kappa shape index (κ1) is 21.3. The third kappa shape index (κ3) is 3.77. The minimum absolute atomic E-state index is 0.0449. The molecule has 0 saturated carbocycles. The molecular weight excluding hydrogens is 426 g/mol. The van der Waals surface area contributed by atoms with Crippen LogP contribution in [0.15, 0.2) is 41.0 Å². The van der Waals surface area contributed by atoms with Crippen LogP contribution in [-0.2, 0) is 11.8 Å². The van der Waals surface area contributed by atoms with E-state index in [1.807, 2.05) is 0 Å². The molecule has 0 spiro atoms. The molecule has 0 fully saturated rings. The van der Waals surface area contributed by atoms with Gasteiger partial charge in [-0.1, -0.05) is 6.07 Å². The standard InChI is InChI=1S/C21H20F2N4O5/c1-10-15-16(11-6-7-12(32-21(22)23)14(9-11)30-3)17(20(29)25-18(15)27(2)26-10)24-19(28)13-5-4-8-31-13/h4-9,16-17,21H,1-3H3,(H,24,28)(H,25,29)/t16-,17+/m1/s1. The average Bonchev–Trinajstić information content (AvgIpc) is 3.37. The molecule has 0 bridgehead atoms. The van der Waals surface area contributed by atoms with E-state index < -0.39 is 30.4 Å². The number of halogens is 2. The highest BCUT2D eigenvalue weighted by Gasteiger charge is 2.41. The highest BCUT2D eigenvalue weighted by atomic mass is 19.3. The summed E-state index contributed by atoms with van der Waals surface area (Å²) in [5.41, 5.74) is 1.86. The van der Waals surface area contributed by atoms with Gasteiger partial charge in [0.15, 0.2) is 17.3 Å². The molecule has 11 heteroatoms. The van der Waals surface area contributed by atoms with Crippen LogP contribution in [0.25, 0.3) is 0 Å². The number of aryl methyl sites for hydroxylation is 2. The maximum absolute atomic E-state index is 13.0. The van der Waals surface area contributed by atoms with Gasteiger partial charge in [0.25, 0.3) is 5.91 Å². The predicted molar refractivity (Wildman–Crippen MR) is 108 cm³/mol. The summed E-state index contributed by atoms with van der Waals surface area (Å²) in [5.74, 6) is -1.27. The van der Waals surface area contributed by atoms with Gasteiger partial charge in [-0.2, -0.15) is 13.9 Å². The Balaban J connectivity index is 1.81. The number of nitrogens with zero attached hydrogens (tertiary/aromatic N) is 2.